The summed E-state index contributed by atoms with van der Waals surface area (Å²) in [7, 11) is 0. The average Bonchev–Trinajstić information content (AvgIpc) is 2.90. The van der Waals surface area contributed by atoms with Crippen LogP contribution >= 0.6 is 0 Å². The molecule has 3 rings (SSSR count). The summed E-state index contributed by atoms with van der Waals surface area (Å²) >= 11 is 0. The van der Waals surface area contributed by atoms with E-state index in [-0.39, 0.29) is 29.2 Å². The number of carbonyl (C=O) groups excluding carboxylic acids is 1. The number of amides is 1. The lowest BCUT2D eigenvalue weighted by atomic mass is 10.2. The number of benzene rings is 1. The van der Waals surface area contributed by atoms with Crippen molar-refractivity contribution in [3.63, 3.8) is 0 Å². The van der Waals surface area contributed by atoms with E-state index < -0.39 is 11.0 Å². The lowest BCUT2D eigenvalue weighted by molar-refractivity contribution is -0.384. The molecule has 2 heterocycles. The molecule has 3 N–H and O–H groups in total. The Morgan fingerprint density at radius 3 is 2.76 bits per heavy atom. The highest BCUT2D eigenvalue weighted by Crippen LogP contribution is 2.21. The molecule has 1 aliphatic heterocycles. The Labute approximate surface area is 141 Å². The highest BCUT2D eigenvalue weighted by atomic mass is 19.1. The van der Waals surface area contributed by atoms with Gasteiger partial charge in [-0.05, 0) is 24.1 Å². The number of carbonyl (C=O) groups is 1. The molecule has 1 aromatic heterocycles. The van der Waals surface area contributed by atoms with Crippen molar-refractivity contribution in [2.45, 2.75) is 19.0 Å². The topological polar surface area (TPSA) is 127 Å². The number of rotatable bonds is 5. The van der Waals surface area contributed by atoms with Crippen LogP contribution in [0.1, 0.15) is 12.0 Å². The second-order valence-electron chi connectivity index (χ2n) is 5.59. The molecular weight excluding hydrogens is 331 g/mol. The summed E-state index contributed by atoms with van der Waals surface area (Å²) in [5.74, 6) is -0.685. The lowest BCUT2D eigenvalue weighted by Gasteiger charge is -2.17. The Balaban J connectivity index is 1.65. The van der Waals surface area contributed by atoms with Crippen LogP contribution in [-0.4, -0.2) is 38.3 Å². The molecule has 9 nitrogen and oxygen atoms in total. The Morgan fingerprint density at radius 2 is 2.12 bits per heavy atom. The number of nitrogen functional groups attached to an aromatic ring is 1. The summed E-state index contributed by atoms with van der Waals surface area (Å²) in [6.45, 7) is 0.900. The third-order valence-corrected chi connectivity index (χ3v) is 3.88. The Hall–Kier alpha value is -3.30. The molecular formula is C15H15FN6O3. The second-order valence-corrected chi connectivity index (χ2v) is 5.59. The number of nitro groups is 1. The van der Waals surface area contributed by atoms with Crippen molar-refractivity contribution in [1.82, 2.24) is 14.9 Å². The van der Waals surface area contributed by atoms with Gasteiger partial charge in [0.05, 0.1) is 4.92 Å². The fraction of sp³-hybridized carbons (Fsp3) is 0.267. The average molecular weight is 346 g/mol. The minimum atomic E-state index is -0.676. The van der Waals surface area contributed by atoms with Crippen LogP contribution in [0.2, 0.25) is 0 Å². The van der Waals surface area contributed by atoms with Crippen LogP contribution in [0.25, 0.3) is 0 Å². The molecule has 1 unspecified atom stereocenters. The van der Waals surface area contributed by atoms with Crippen molar-refractivity contribution in [2.24, 2.45) is 0 Å². The van der Waals surface area contributed by atoms with E-state index in [9.17, 15) is 19.3 Å². The Morgan fingerprint density at radius 1 is 1.40 bits per heavy atom. The number of hydrogen-bond acceptors (Lipinski definition) is 7. The summed E-state index contributed by atoms with van der Waals surface area (Å²) < 4.78 is 12.9. The minimum absolute atomic E-state index is 0.0603. The standard InChI is InChI=1S/C15H15FN6O3/c16-10-3-1-9(2-4-10)8-21-6-5-11(14(21)23)19-15-18-7-12(22(24)25)13(17)20-15/h1-4,7,11H,5-6,8H2,(H3,17,18,19,20). The maximum absolute atomic E-state index is 12.9. The summed E-state index contributed by atoms with van der Waals surface area (Å²) in [5.41, 5.74) is 5.95. The molecule has 1 aliphatic rings. The second kappa shape index (κ2) is 6.67. The number of aromatic nitrogens is 2. The van der Waals surface area contributed by atoms with Crippen LogP contribution < -0.4 is 11.1 Å². The quantitative estimate of drug-likeness (QED) is 0.617. The van der Waals surface area contributed by atoms with Crippen molar-refractivity contribution < 1.29 is 14.1 Å². The van der Waals surface area contributed by atoms with E-state index in [1.165, 1.54) is 12.1 Å². The van der Waals surface area contributed by atoms with Gasteiger partial charge in [0.1, 0.15) is 18.1 Å². The fourth-order valence-corrected chi connectivity index (χ4v) is 2.59. The molecule has 25 heavy (non-hydrogen) atoms. The summed E-state index contributed by atoms with van der Waals surface area (Å²) in [4.78, 5) is 31.7. The van der Waals surface area contributed by atoms with Crippen LogP contribution in [0.4, 0.5) is 21.8 Å². The van der Waals surface area contributed by atoms with E-state index in [4.69, 9.17) is 5.73 Å². The summed E-state index contributed by atoms with van der Waals surface area (Å²) in [5, 5.41) is 13.6. The first-order valence-electron chi connectivity index (χ1n) is 7.50. The van der Waals surface area contributed by atoms with Crippen molar-refractivity contribution >= 4 is 23.4 Å². The normalized spacial score (nSPS) is 16.9. The van der Waals surface area contributed by atoms with Gasteiger partial charge in [0.15, 0.2) is 0 Å². The smallest absolute Gasteiger partial charge is 0.329 e. The van der Waals surface area contributed by atoms with E-state index in [0.29, 0.717) is 19.5 Å². The molecule has 0 saturated carbocycles. The number of anilines is 2. The van der Waals surface area contributed by atoms with Gasteiger partial charge in [0, 0.05) is 13.1 Å². The van der Waals surface area contributed by atoms with Gasteiger partial charge in [-0.15, -0.1) is 0 Å². The van der Waals surface area contributed by atoms with Crippen molar-refractivity contribution in [3.05, 3.63) is 52.0 Å². The molecule has 0 bridgehead atoms. The van der Waals surface area contributed by atoms with Gasteiger partial charge in [-0.1, -0.05) is 12.1 Å². The molecule has 2 aromatic rings. The summed E-state index contributed by atoms with van der Waals surface area (Å²) in [6, 6.07) is 5.41. The van der Waals surface area contributed by atoms with Gasteiger partial charge in [-0.2, -0.15) is 4.98 Å². The maximum atomic E-state index is 12.9. The van der Waals surface area contributed by atoms with E-state index in [2.05, 4.69) is 15.3 Å². The van der Waals surface area contributed by atoms with E-state index in [1.807, 2.05) is 0 Å². The largest absolute Gasteiger partial charge is 0.378 e. The number of nitrogens with two attached hydrogens (primary N) is 1. The maximum Gasteiger partial charge on any atom is 0.329 e. The van der Waals surface area contributed by atoms with Crippen LogP contribution in [0.5, 0.6) is 0 Å². The van der Waals surface area contributed by atoms with E-state index in [0.717, 1.165) is 11.8 Å². The number of halogens is 1. The predicted octanol–water partition coefficient (Wildman–Crippen LogP) is 1.32. The molecule has 1 aromatic carbocycles. The van der Waals surface area contributed by atoms with E-state index in [1.54, 1.807) is 17.0 Å². The molecule has 1 atom stereocenters. The molecule has 130 valence electrons. The minimum Gasteiger partial charge on any atom is -0.378 e. The monoisotopic (exact) mass is 346 g/mol. The molecule has 1 saturated heterocycles. The third kappa shape index (κ3) is 3.62. The number of nitrogens with one attached hydrogen (secondary N) is 1. The van der Waals surface area contributed by atoms with Crippen molar-refractivity contribution in [1.29, 1.82) is 0 Å². The van der Waals surface area contributed by atoms with Crippen molar-refractivity contribution in [3.8, 4) is 0 Å². The number of nitrogens with zero attached hydrogens (tertiary/aromatic N) is 4. The molecule has 10 heteroatoms. The zero-order valence-corrected chi connectivity index (χ0v) is 13.1. The highest BCUT2D eigenvalue weighted by molar-refractivity contribution is 5.86. The van der Waals surface area contributed by atoms with Crippen LogP contribution in [-0.2, 0) is 11.3 Å². The molecule has 0 radical (unpaired) electrons. The first kappa shape index (κ1) is 16.6. The first-order valence-corrected chi connectivity index (χ1v) is 7.50. The van der Waals surface area contributed by atoms with Crippen LogP contribution in [0, 0.1) is 15.9 Å². The molecule has 0 spiro atoms. The van der Waals surface area contributed by atoms with Crippen LogP contribution in [0.15, 0.2) is 30.5 Å². The van der Waals surface area contributed by atoms with Gasteiger partial charge in [0.25, 0.3) is 0 Å². The van der Waals surface area contributed by atoms with Gasteiger partial charge < -0.3 is 16.0 Å². The zero-order chi connectivity index (χ0) is 18.0. The lowest BCUT2D eigenvalue weighted by Crippen LogP contribution is -2.33. The number of hydrogen-bond donors (Lipinski definition) is 2. The number of likely N-dealkylation sites (tertiary alicyclic amines) is 1. The van der Waals surface area contributed by atoms with Gasteiger partial charge in [0.2, 0.25) is 17.7 Å². The molecule has 1 amide bonds. The fourth-order valence-electron chi connectivity index (χ4n) is 2.59. The zero-order valence-electron chi connectivity index (χ0n) is 13.1. The Bertz CT molecular complexity index is 813. The van der Waals surface area contributed by atoms with Gasteiger partial charge >= 0.3 is 5.69 Å². The molecule has 0 aliphatic carbocycles. The van der Waals surface area contributed by atoms with E-state index >= 15 is 0 Å². The van der Waals surface area contributed by atoms with Crippen LogP contribution in [0.3, 0.4) is 0 Å². The third-order valence-electron chi connectivity index (χ3n) is 3.88. The summed E-state index contributed by atoms with van der Waals surface area (Å²) in [6.07, 6.45) is 1.53. The SMILES string of the molecule is Nc1nc(NC2CCN(Cc3ccc(F)cc3)C2=O)ncc1[N+](=O)[O-]. The highest BCUT2D eigenvalue weighted by Gasteiger charge is 2.32. The first-order chi connectivity index (χ1) is 11.9. The van der Waals surface area contributed by atoms with Gasteiger partial charge in [-0.25, -0.2) is 9.37 Å². The van der Waals surface area contributed by atoms with Gasteiger partial charge in [-0.3, -0.25) is 14.9 Å². The van der Waals surface area contributed by atoms with Crippen molar-refractivity contribution in [2.75, 3.05) is 17.6 Å². The predicted molar refractivity (Wildman–Crippen MR) is 86.9 cm³/mol. The Kier molecular flexibility index (Phi) is 4.42. The molecule has 1 fully saturated rings.